The molecule has 0 fully saturated rings. The number of rotatable bonds is 6. The van der Waals surface area contributed by atoms with Crippen molar-refractivity contribution in [3.8, 4) is 0 Å². The standard InChI is InChI=1S/C17H22N2/c1-3-19(17-7-5-4-6-8-17)14-13-18-16-11-9-15(2)10-12-16/h4-12,18H,3,13-14H2,1-2H3. The molecule has 0 radical (unpaired) electrons. The van der Waals surface area contributed by atoms with Crippen LogP contribution in [0.4, 0.5) is 11.4 Å². The highest BCUT2D eigenvalue weighted by Gasteiger charge is 2.02. The van der Waals surface area contributed by atoms with Crippen LogP contribution in [-0.4, -0.2) is 19.6 Å². The van der Waals surface area contributed by atoms with Crippen molar-refractivity contribution in [2.24, 2.45) is 0 Å². The molecular weight excluding hydrogens is 232 g/mol. The normalized spacial score (nSPS) is 10.2. The van der Waals surface area contributed by atoms with E-state index in [2.05, 4.69) is 78.7 Å². The zero-order chi connectivity index (χ0) is 13.5. The van der Waals surface area contributed by atoms with Gasteiger partial charge in [-0.1, -0.05) is 35.9 Å². The summed E-state index contributed by atoms with van der Waals surface area (Å²) in [5.74, 6) is 0. The predicted molar refractivity (Wildman–Crippen MR) is 84.0 cm³/mol. The molecule has 19 heavy (non-hydrogen) atoms. The van der Waals surface area contributed by atoms with Crippen LogP contribution in [0.1, 0.15) is 12.5 Å². The summed E-state index contributed by atoms with van der Waals surface area (Å²) in [6.45, 7) is 7.29. The average molecular weight is 254 g/mol. The van der Waals surface area contributed by atoms with E-state index in [1.807, 2.05) is 0 Å². The van der Waals surface area contributed by atoms with Crippen LogP contribution in [-0.2, 0) is 0 Å². The fourth-order valence-corrected chi connectivity index (χ4v) is 2.12. The SMILES string of the molecule is CCN(CCNc1ccc(C)cc1)c1ccccc1. The summed E-state index contributed by atoms with van der Waals surface area (Å²) in [7, 11) is 0. The second-order valence-electron chi connectivity index (χ2n) is 4.71. The third kappa shape index (κ3) is 4.02. The fourth-order valence-electron chi connectivity index (χ4n) is 2.12. The van der Waals surface area contributed by atoms with E-state index in [-0.39, 0.29) is 0 Å². The van der Waals surface area contributed by atoms with Gasteiger partial charge in [0, 0.05) is 31.0 Å². The number of nitrogens with zero attached hydrogens (tertiary/aromatic N) is 1. The molecule has 0 amide bonds. The highest BCUT2D eigenvalue weighted by molar-refractivity contribution is 5.47. The third-order valence-electron chi connectivity index (χ3n) is 3.27. The topological polar surface area (TPSA) is 15.3 Å². The van der Waals surface area contributed by atoms with Crippen LogP contribution in [0, 0.1) is 6.92 Å². The lowest BCUT2D eigenvalue weighted by Crippen LogP contribution is -2.28. The number of para-hydroxylation sites is 1. The average Bonchev–Trinajstić information content (AvgIpc) is 2.46. The summed E-state index contributed by atoms with van der Waals surface area (Å²) in [6.07, 6.45) is 0. The number of anilines is 2. The minimum Gasteiger partial charge on any atom is -0.383 e. The first-order chi connectivity index (χ1) is 9.29. The first-order valence-electron chi connectivity index (χ1n) is 6.90. The Morgan fingerprint density at radius 2 is 1.63 bits per heavy atom. The minimum absolute atomic E-state index is 0.950. The van der Waals surface area contributed by atoms with E-state index in [4.69, 9.17) is 0 Å². The summed E-state index contributed by atoms with van der Waals surface area (Å²) in [4.78, 5) is 2.38. The summed E-state index contributed by atoms with van der Waals surface area (Å²) >= 11 is 0. The van der Waals surface area contributed by atoms with Gasteiger partial charge in [-0.05, 0) is 38.1 Å². The Hall–Kier alpha value is -1.96. The van der Waals surface area contributed by atoms with Gasteiger partial charge in [0.15, 0.2) is 0 Å². The van der Waals surface area contributed by atoms with E-state index >= 15 is 0 Å². The Labute approximate surface area is 116 Å². The Morgan fingerprint density at radius 1 is 0.947 bits per heavy atom. The molecule has 0 aliphatic carbocycles. The smallest absolute Gasteiger partial charge is 0.0366 e. The number of benzene rings is 2. The van der Waals surface area contributed by atoms with Crippen LogP contribution in [0.3, 0.4) is 0 Å². The maximum atomic E-state index is 3.46. The number of aryl methyl sites for hydroxylation is 1. The maximum absolute atomic E-state index is 3.46. The van der Waals surface area contributed by atoms with Gasteiger partial charge in [-0.15, -0.1) is 0 Å². The third-order valence-corrected chi connectivity index (χ3v) is 3.27. The summed E-state index contributed by atoms with van der Waals surface area (Å²) in [5, 5.41) is 3.46. The highest BCUT2D eigenvalue weighted by Crippen LogP contribution is 2.13. The lowest BCUT2D eigenvalue weighted by atomic mass is 10.2. The van der Waals surface area contributed by atoms with Gasteiger partial charge in [0.25, 0.3) is 0 Å². The molecule has 0 bridgehead atoms. The summed E-state index contributed by atoms with van der Waals surface area (Å²) in [5.41, 5.74) is 3.77. The molecule has 0 spiro atoms. The lowest BCUT2D eigenvalue weighted by Gasteiger charge is -2.23. The molecule has 2 heteroatoms. The van der Waals surface area contributed by atoms with Crippen molar-refractivity contribution < 1.29 is 0 Å². The molecule has 0 saturated carbocycles. The van der Waals surface area contributed by atoms with Crippen LogP contribution >= 0.6 is 0 Å². The van der Waals surface area contributed by atoms with Crippen LogP contribution in [0.25, 0.3) is 0 Å². The molecule has 0 atom stereocenters. The van der Waals surface area contributed by atoms with Crippen molar-refractivity contribution in [1.29, 1.82) is 0 Å². The molecule has 0 unspecified atom stereocenters. The Balaban J connectivity index is 1.85. The molecular formula is C17H22N2. The van der Waals surface area contributed by atoms with Crippen LogP contribution < -0.4 is 10.2 Å². The van der Waals surface area contributed by atoms with Crippen molar-refractivity contribution in [2.45, 2.75) is 13.8 Å². The van der Waals surface area contributed by atoms with E-state index in [0.29, 0.717) is 0 Å². The van der Waals surface area contributed by atoms with Crippen molar-refractivity contribution in [1.82, 2.24) is 0 Å². The summed E-state index contributed by atoms with van der Waals surface area (Å²) in [6, 6.07) is 19.1. The van der Waals surface area contributed by atoms with E-state index in [9.17, 15) is 0 Å². The molecule has 0 saturated heterocycles. The van der Waals surface area contributed by atoms with Gasteiger partial charge < -0.3 is 10.2 Å². The predicted octanol–water partition coefficient (Wildman–Crippen LogP) is 3.93. The zero-order valence-electron chi connectivity index (χ0n) is 11.8. The Bertz CT molecular complexity index is 476. The van der Waals surface area contributed by atoms with Gasteiger partial charge in [-0.2, -0.15) is 0 Å². The van der Waals surface area contributed by atoms with Crippen LogP contribution in [0.5, 0.6) is 0 Å². The van der Waals surface area contributed by atoms with Gasteiger partial charge in [-0.3, -0.25) is 0 Å². The largest absolute Gasteiger partial charge is 0.383 e. The van der Waals surface area contributed by atoms with Gasteiger partial charge in [0.2, 0.25) is 0 Å². The fraction of sp³-hybridized carbons (Fsp3) is 0.294. The molecule has 2 nitrogen and oxygen atoms in total. The molecule has 0 heterocycles. The van der Waals surface area contributed by atoms with E-state index in [0.717, 1.165) is 19.6 Å². The van der Waals surface area contributed by atoms with Crippen molar-refractivity contribution in [3.63, 3.8) is 0 Å². The van der Waals surface area contributed by atoms with Crippen molar-refractivity contribution >= 4 is 11.4 Å². The monoisotopic (exact) mass is 254 g/mol. The highest BCUT2D eigenvalue weighted by atomic mass is 15.1. The molecule has 1 N–H and O–H groups in total. The quantitative estimate of drug-likeness (QED) is 0.840. The number of hydrogen-bond donors (Lipinski definition) is 1. The molecule has 0 aliphatic rings. The van der Waals surface area contributed by atoms with Gasteiger partial charge in [0.1, 0.15) is 0 Å². The second-order valence-corrected chi connectivity index (χ2v) is 4.71. The van der Waals surface area contributed by atoms with E-state index in [1.165, 1.54) is 16.9 Å². The molecule has 100 valence electrons. The zero-order valence-corrected chi connectivity index (χ0v) is 11.8. The Kier molecular flexibility index (Phi) is 4.85. The Morgan fingerprint density at radius 3 is 2.26 bits per heavy atom. The lowest BCUT2D eigenvalue weighted by molar-refractivity contribution is 0.835. The van der Waals surface area contributed by atoms with Gasteiger partial charge in [-0.25, -0.2) is 0 Å². The molecule has 0 aromatic heterocycles. The molecule has 0 aliphatic heterocycles. The van der Waals surface area contributed by atoms with Gasteiger partial charge in [0.05, 0.1) is 0 Å². The van der Waals surface area contributed by atoms with Crippen molar-refractivity contribution in [2.75, 3.05) is 29.9 Å². The second kappa shape index (κ2) is 6.83. The summed E-state index contributed by atoms with van der Waals surface area (Å²) < 4.78 is 0. The van der Waals surface area contributed by atoms with E-state index < -0.39 is 0 Å². The first kappa shape index (κ1) is 13.5. The van der Waals surface area contributed by atoms with E-state index in [1.54, 1.807) is 0 Å². The van der Waals surface area contributed by atoms with Gasteiger partial charge >= 0.3 is 0 Å². The molecule has 2 aromatic carbocycles. The number of nitrogens with one attached hydrogen (secondary N) is 1. The number of likely N-dealkylation sites (N-methyl/N-ethyl adjacent to an activating group) is 1. The molecule has 2 aromatic rings. The maximum Gasteiger partial charge on any atom is 0.0366 e. The van der Waals surface area contributed by atoms with Crippen LogP contribution in [0.2, 0.25) is 0 Å². The van der Waals surface area contributed by atoms with Crippen LogP contribution in [0.15, 0.2) is 54.6 Å². The molecule has 2 rings (SSSR count). The first-order valence-corrected chi connectivity index (χ1v) is 6.90. The minimum atomic E-state index is 0.950. The van der Waals surface area contributed by atoms with Crippen molar-refractivity contribution in [3.05, 3.63) is 60.2 Å². The number of hydrogen-bond acceptors (Lipinski definition) is 2.